The lowest BCUT2D eigenvalue weighted by Gasteiger charge is -2.08. The van der Waals surface area contributed by atoms with Crippen LogP contribution in [0.1, 0.15) is 5.56 Å². The molecule has 0 saturated heterocycles. The molecule has 0 N–H and O–H groups in total. The first-order valence-corrected chi connectivity index (χ1v) is 4.24. The molecule has 5 heteroatoms. The number of methoxy groups -OCH3 is 1. The van der Waals surface area contributed by atoms with E-state index in [0.717, 1.165) is 12.1 Å². The van der Waals surface area contributed by atoms with Crippen molar-refractivity contribution in [3.05, 3.63) is 29.3 Å². The van der Waals surface area contributed by atoms with Gasteiger partial charge in [0.25, 0.3) is 0 Å². The third kappa shape index (κ3) is 2.86. The van der Waals surface area contributed by atoms with Crippen LogP contribution in [-0.2, 0) is 11.2 Å². The van der Waals surface area contributed by atoms with E-state index >= 15 is 0 Å². The van der Waals surface area contributed by atoms with Crippen LogP contribution in [0.4, 0.5) is 8.78 Å². The molecule has 0 unspecified atom stereocenters. The second kappa shape index (κ2) is 5.22. The largest absolute Gasteiger partial charge is 0.493 e. The Hall–Kier alpha value is -1.74. The SMILES string of the molecule is COc1c(F)cc(F)cc1CCN=C=O. The number of aliphatic imine (C=N–C) groups is 1. The van der Waals surface area contributed by atoms with Crippen molar-refractivity contribution < 1.29 is 18.3 Å². The summed E-state index contributed by atoms with van der Waals surface area (Å²) in [5.41, 5.74) is 0.342. The van der Waals surface area contributed by atoms with Crippen LogP contribution in [0.25, 0.3) is 0 Å². The second-order valence-corrected chi connectivity index (χ2v) is 2.80. The smallest absolute Gasteiger partial charge is 0.234 e. The maximum absolute atomic E-state index is 13.1. The molecule has 0 radical (unpaired) electrons. The van der Waals surface area contributed by atoms with E-state index < -0.39 is 11.6 Å². The summed E-state index contributed by atoms with van der Waals surface area (Å²) in [4.78, 5) is 13.1. The van der Waals surface area contributed by atoms with Gasteiger partial charge in [0.05, 0.1) is 13.7 Å². The first-order chi connectivity index (χ1) is 7.19. The Kier molecular flexibility index (Phi) is 3.94. The monoisotopic (exact) mass is 213 g/mol. The van der Waals surface area contributed by atoms with Crippen LogP contribution in [0.2, 0.25) is 0 Å². The predicted octanol–water partition coefficient (Wildman–Crippen LogP) is 1.85. The number of hydrogen-bond donors (Lipinski definition) is 0. The molecular formula is C10H9F2NO2. The molecule has 0 bridgehead atoms. The van der Waals surface area contributed by atoms with Crippen LogP contribution in [0.5, 0.6) is 5.75 Å². The minimum absolute atomic E-state index is 0.0162. The van der Waals surface area contributed by atoms with E-state index in [0.29, 0.717) is 5.56 Å². The Labute approximate surface area is 85.4 Å². The number of carbonyl (C=O) groups excluding carboxylic acids is 1. The topological polar surface area (TPSA) is 38.7 Å². The Morgan fingerprint density at radius 2 is 2.20 bits per heavy atom. The van der Waals surface area contributed by atoms with Gasteiger partial charge in [-0.2, -0.15) is 0 Å². The number of ether oxygens (including phenoxy) is 1. The maximum Gasteiger partial charge on any atom is 0.234 e. The zero-order valence-corrected chi connectivity index (χ0v) is 8.09. The number of nitrogens with zero attached hydrogens (tertiary/aromatic N) is 1. The van der Waals surface area contributed by atoms with Gasteiger partial charge in [-0.3, -0.25) is 0 Å². The number of isocyanates is 1. The predicted molar refractivity (Wildman–Crippen MR) is 49.6 cm³/mol. The van der Waals surface area contributed by atoms with Crippen molar-refractivity contribution in [2.75, 3.05) is 13.7 Å². The molecule has 0 atom stereocenters. The number of hydrogen-bond acceptors (Lipinski definition) is 3. The highest BCUT2D eigenvalue weighted by Gasteiger charge is 2.11. The molecule has 0 spiro atoms. The van der Waals surface area contributed by atoms with Crippen molar-refractivity contribution in [1.82, 2.24) is 0 Å². The maximum atomic E-state index is 13.1. The lowest BCUT2D eigenvalue weighted by molar-refractivity contribution is 0.379. The van der Waals surface area contributed by atoms with Crippen molar-refractivity contribution in [2.24, 2.45) is 4.99 Å². The van der Waals surface area contributed by atoms with Crippen molar-refractivity contribution >= 4 is 6.08 Å². The Balaban J connectivity index is 2.98. The van der Waals surface area contributed by atoms with E-state index in [1.165, 1.54) is 13.2 Å². The molecule has 1 aromatic rings. The highest BCUT2D eigenvalue weighted by Crippen LogP contribution is 2.24. The van der Waals surface area contributed by atoms with Crippen LogP contribution in [0.3, 0.4) is 0 Å². The van der Waals surface area contributed by atoms with Gasteiger partial charge in [0.2, 0.25) is 6.08 Å². The number of benzene rings is 1. The third-order valence-corrected chi connectivity index (χ3v) is 1.85. The van der Waals surface area contributed by atoms with Gasteiger partial charge < -0.3 is 4.74 Å². The van der Waals surface area contributed by atoms with E-state index in [1.807, 2.05) is 0 Å². The van der Waals surface area contributed by atoms with E-state index in [9.17, 15) is 13.6 Å². The van der Waals surface area contributed by atoms with Crippen LogP contribution in [0.15, 0.2) is 17.1 Å². The zero-order valence-electron chi connectivity index (χ0n) is 8.09. The minimum Gasteiger partial charge on any atom is -0.493 e. The fourth-order valence-electron chi connectivity index (χ4n) is 1.25. The molecule has 1 aromatic carbocycles. The highest BCUT2D eigenvalue weighted by atomic mass is 19.1. The fraction of sp³-hybridized carbons (Fsp3) is 0.300. The van der Waals surface area contributed by atoms with Gasteiger partial charge in [-0.15, -0.1) is 0 Å². The van der Waals surface area contributed by atoms with Crippen LogP contribution >= 0.6 is 0 Å². The molecule has 0 amide bonds. The van der Waals surface area contributed by atoms with E-state index in [4.69, 9.17) is 4.74 Å². The standard InChI is InChI=1S/C10H9F2NO2/c1-15-10-7(2-3-13-6-14)4-8(11)5-9(10)12/h4-5H,2-3H2,1H3. The van der Waals surface area contributed by atoms with Crippen LogP contribution < -0.4 is 4.74 Å². The quantitative estimate of drug-likeness (QED) is 0.565. The molecule has 0 aromatic heterocycles. The van der Waals surface area contributed by atoms with Crippen LogP contribution in [-0.4, -0.2) is 19.7 Å². The average molecular weight is 213 g/mol. The lowest BCUT2D eigenvalue weighted by atomic mass is 10.1. The van der Waals surface area contributed by atoms with E-state index in [-0.39, 0.29) is 18.7 Å². The molecule has 0 aliphatic heterocycles. The number of rotatable bonds is 4. The number of halogens is 2. The molecule has 15 heavy (non-hydrogen) atoms. The van der Waals surface area contributed by atoms with E-state index in [2.05, 4.69) is 4.99 Å². The Bertz CT molecular complexity index is 401. The molecule has 0 heterocycles. The molecular weight excluding hydrogens is 204 g/mol. The van der Waals surface area contributed by atoms with Gasteiger partial charge >= 0.3 is 0 Å². The summed E-state index contributed by atoms with van der Waals surface area (Å²) in [6.45, 7) is 0.128. The van der Waals surface area contributed by atoms with Crippen molar-refractivity contribution in [2.45, 2.75) is 6.42 Å². The van der Waals surface area contributed by atoms with Gasteiger partial charge in [-0.1, -0.05) is 0 Å². The summed E-state index contributed by atoms with van der Waals surface area (Å²) >= 11 is 0. The molecule has 0 fully saturated rings. The molecule has 3 nitrogen and oxygen atoms in total. The van der Waals surface area contributed by atoms with Gasteiger partial charge in [-0.25, -0.2) is 18.6 Å². The van der Waals surface area contributed by atoms with Gasteiger partial charge in [-0.05, 0) is 12.5 Å². The third-order valence-electron chi connectivity index (χ3n) is 1.85. The fourth-order valence-corrected chi connectivity index (χ4v) is 1.25. The summed E-state index contributed by atoms with van der Waals surface area (Å²) in [7, 11) is 1.29. The van der Waals surface area contributed by atoms with Crippen molar-refractivity contribution in [1.29, 1.82) is 0 Å². The van der Waals surface area contributed by atoms with Crippen molar-refractivity contribution in [3.63, 3.8) is 0 Å². The summed E-state index contributed by atoms with van der Waals surface area (Å²) in [6.07, 6.45) is 1.58. The van der Waals surface area contributed by atoms with Gasteiger partial charge in [0, 0.05) is 11.6 Å². The highest BCUT2D eigenvalue weighted by molar-refractivity contribution is 5.37. The van der Waals surface area contributed by atoms with Crippen molar-refractivity contribution in [3.8, 4) is 5.75 Å². The van der Waals surface area contributed by atoms with E-state index in [1.54, 1.807) is 0 Å². The first kappa shape index (κ1) is 11.3. The Morgan fingerprint density at radius 1 is 1.47 bits per heavy atom. The van der Waals surface area contributed by atoms with Crippen LogP contribution in [0, 0.1) is 11.6 Å². The summed E-state index contributed by atoms with van der Waals surface area (Å²) in [6, 6.07) is 1.90. The summed E-state index contributed by atoms with van der Waals surface area (Å²) in [5, 5.41) is 0. The van der Waals surface area contributed by atoms with Gasteiger partial charge in [0.15, 0.2) is 11.6 Å². The summed E-state index contributed by atoms with van der Waals surface area (Å²) in [5.74, 6) is -1.46. The minimum atomic E-state index is -0.761. The molecule has 0 aliphatic carbocycles. The second-order valence-electron chi connectivity index (χ2n) is 2.80. The molecule has 0 saturated carbocycles. The summed E-state index contributed by atoms with van der Waals surface area (Å²) < 4.78 is 30.8. The lowest BCUT2D eigenvalue weighted by Crippen LogP contribution is -1.99. The zero-order chi connectivity index (χ0) is 11.3. The molecule has 80 valence electrons. The molecule has 1 rings (SSSR count). The molecule has 0 aliphatic rings. The average Bonchev–Trinajstić information content (AvgIpc) is 2.17. The van der Waals surface area contributed by atoms with Gasteiger partial charge in [0.1, 0.15) is 5.82 Å². The normalized spacial score (nSPS) is 9.53. The first-order valence-electron chi connectivity index (χ1n) is 4.24. The Morgan fingerprint density at radius 3 is 2.80 bits per heavy atom.